The molecule has 0 aliphatic heterocycles. The first-order valence-electron chi connectivity index (χ1n) is 7.42. The van der Waals surface area contributed by atoms with Gasteiger partial charge >= 0.3 is 5.51 Å². The molecule has 1 aliphatic carbocycles. The third kappa shape index (κ3) is 6.74. The van der Waals surface area contributed by atoms with Gasteiger partial charge in [0.2, 0.25) is 0 Å². The van der Waals surface area contributed by atoms with Crippen molar-refractivity contribution in [2.45, 2.75) is 44.2 Å². The highest BCUT2D eigenvalue weighted by Crippen LogP contribution is 2.32. The van der Waals surface area contributed by atoms with Crippen LogP contribution in [0.2, 0.25) is 0 Å². The monoisotopic (exact) mass is 317 g/mol. The van der Waals surface area contributed by atoms with Gasteiger partial charge in [-0.15, -0.1) is 0 Å². The Bertz CT molecular complexity index is 443. The van der Waals surface area contributed by atoms with Gasteiger partial charge in [0, 0.05) is 11.8 Å². The molecule has 0 aromatic heterocycles. The Morgan fingerprint density at radius 1 is 1.29 bits per heavy atom. The highest BCUT2D eigenvalue weighted by molar-refractivity contribution is 8.00. The Hall–Kier alpha value is -0.680. The predicted molar refractivity (Wildman–Crippen MR) is 82.5 cm³/mol. The average molecular weight is 317 g/mol. The van der Waals surface area contributed by atoms with E-state index in [2.05, 4.69) is 24.4 Å². The molecule has 1 saturated carbocycles. The first kappa shape index (κ1) is 16.7. The van der Waals surface area contributed by atoms with E-state index in [4.69, 9.17) is 0 Å². The van der Waals surface area contributed by atoms with E-state index < -0.39 is 5.51 Å². The quantitative estimate of drug-likeness (QED) is 0.755. The van der Waals surface area contributed by atoms with Crippen molar-refractivity contribution in [3.63, 3.8) is 0 Å². The summed E-state index contributed by atoms with van der Waals surface area (Å²) >= 11 is 0.0988. The highest BCUT2D eigenvalue weighted by Gasteiger charge is 2.28. The lowest BCUT2D eigenvalue weighted by atomic mass is 9.94. The predicted octanol–water partition coefficient (Wildman–Crippen LogP) is 4.55. The maximum absolute atomic E-state index is 12.3. The minimum atomic E-state index is -4.11. The lowest BCUT2D eigenvalue weighted by Crippen LogP contribution is -2.27. The van der Waals surface area contributed by atoms with Gasteiger partial charge in [-0.25, -0.2) is 0 Å². The van der Waals surface area contributed by atoms with Crippen LogP contribution in [0.5, 0.6) is 0 Å². The SMILES string of the molecule is Cc1ccccc1CC(CCSC(F)(F)F)CNC1CC1. The van der Waals surface area contributed by atoms with E-state index in [1.165, 1.54) is 24.0 Å². The summed E-state index contributed by atoms with van der Waals surface area (Å²) in [6.45, 7) is 2.88. The van der Waals surface area contributed by atoms with Gasteiger partial charge in [-0.3, -0.25) is 0 Å². The van der Waals surface area contributed by atoms with Crippen LogP contribution >= 0.6 is 11.8 Å². The first-order chi connectivity index (χ1) is 9.94. The topological polar surface area (TPSA) is 12.0 Å². The summed E-state index contributed by atoms with van der Waals surface area (Å²) in [5.41, 5.74) is -1.65. The minimum Gasteiger partial charge on any atom is -0.314 e. The summed E-state index contributed by atoms with van der Waals surface area (Å²) in [6, 6.07) is 8.73. The molecule has 21 heavy (non-hydrogen) atoms. The smallest absolute Gasteiger partial charge is 0.314 e. The molecule has 1 aliphatic rings. The zero-order valence-electron chi connectivity index (χ0n) is 12.2. The summed E-state index contributed by atoms with van der Waals surface area (Å²) < 4.78 is 36.8. The van der Waals surface area contributed by atoms with Gasteiger partial charge in [-0.1, -0.05) is 36.0 Å². The Labute approximate surface area is 128 Å². The Morgan fingerprint density at radius 2 is 2.00 bits per heavy atom. The third-order valence-corrected chi connectivity index (χ3v) is 4.60. The average Bonchev–Trinajstić information content (AvgIpc) is 3.21. The highest BCUT2D eigenvalue weighted by atomic mass is 32.2. The van der Waals surface area contributed by atoms with Crippen molar-refractivity contribution in [2.24, 2.45) is 5.92 Å². The van der Waals surface area contributed by atoms with Crippen molar-refractivity contribution < 1.29 is 13.2 Å². The maximum Gasteiger partial charge on any atom is 0.441 e. The van der Waals surface area contributed by atoms with Gasteiger partial charge in [-0.05, 0) is 56.2 Å². The third-order valence-electron chi connectivity index (χ3n) is 3.83. The van der Waals surface area contributed by atoms with E-state index >= 15 is 0 Å². The molecule has 0 saturated heterocycles. The van der Waals surface area contributed by atoms with Crippen molar-refractivity contribution in [3.8, 4) is 0 Å². The Kier molecular flexibility index (Phi) is 5.99. The van der Waals surface area contributed by atoms with Gasteiger partial charge < -0.3 is 5.32 Å². The number of hydrogen-bond donors (Lipinski definition) is 1. The number of benzene rings is 1. The summed E-state index contributed by atoms with van der Waals surface area (Å²) in [5, 5.41) is 3.45. The van der Waals surface area contributed by atoms with Crippen LogP contribution in [0.15, 0.2) is 24.3 Å². The lowest BCUT2D eigenvalue weighted by molar-refractivity contribution is -0.0328. The number of nitrogens with one attached hydrogen (secondary N) is 1. The van der Waals surface area contributed by atoms with Crippen molar-refractivity contribution in [1.82, 2.24) is 5.32 Å². The second kappa shape index (κ2) is 7.54. The number of halogens is 3. The second-order valence-electron chi connectivity index (χ2n) is 5.76. The summed E-state index contributed by atoms with van der Waals surface area (Å²) in [6.07, 6.45) is 3.85. The fourth-order valence-corrected chi connectivity index (χ4v) is 3.07. The first-order valence-corrected chi connectivity index (χ1v) is 8.41. The van der Waals surface area contributed by atoms with Gasteiger partial charge in [0.05, 0.1) is 0 Å². The van der Waals surface area contributed by atoms with Gasteiger partial charge in [0.1, 0.15) is 0 Å². The van der Waals surface area contributed by atoms with Gasteiger partial charge in [0.25, 0.3) is 0 Å². The summed E-state index contributed by atoms with van der Waals surface area (Å²) in [5.74, 6) is 0.411. The Morgan fingerprint density at radius 3 is 2.62 bits per heavy atom. The molecule has 1 aromatic rings. The van der Waals surface area contributed by atoms with Crippen LogP contribution in [0.1, 0.15) is 30.4 Å². The molecule has 1 aromatic carbocycles. The van der Waals surface area contributed by atoms with E-state index in [-0.39, 0.29) is 23.4 Å². The molecule has 0 spiro atoms. The molecular formula is C16H22F3NS. The second-order valence-corrected chi connectivity index (χ2v) is 6.92. The molecule has 2 rings (SSSR count). The fourth-order valence-electron chi connectivity index (χ4n) is 2.39. The molecule has 5 heteroatoms. The Balaban J connectivity index is 1.86. The van der Waals surface area contributed by atoms with Crippen LogP contribution in [-0.2, 0) is 6.42 Å². The van der Waals surface area contributed by atoms with Crippen molar-refractivity contribution in [3.05, 3.63) is 35.4 Å². The molecule has 1 fully saturated rings. The molecule has 0 heterocycles. The van der Waals surface area contributed by atoms with Crippen molar-refractivity contribution in [1.29, 1.82) is 0 Å². The molecule has 1 N–H and O–H groups in total. The van der Waals surface area contributed by atoms with Crippen LogP contribution in [0.3, 0.4) is 0 Å². The van der Waals surface area contributed by atoms with Crippen LogP contribution in [0.25, 0.3) is 0 Å². The molecule has 1 nitrogen and oxygen atoms in total. The molecule has 0 bridgehead atoms. The number of rotatable bonds is 8. The number of hydrogen-bond acceptors (Lipinski definition) is 2. The summed E-state index contributed by atoms with van der Waals surface area (Å²) in [4.78, 5) is 0. The van der Waals surface area contributed by atoms with E-state index in [0.29, 0.717) is 12.5 Å². The molecule has 1 atom stereocenters. The van der Waals surface area contributed by atoms with E-state index in [0.717, 1.165) is 13.0 Å². The van der Waals surface area contributed by atoms with Crippen LogP contribution in [0, 0.1) is 12.8 Å². The van der Waals surface area contributed by atoms with Gasteiger partial charge in [-0.2, -0.15) is 13.2 Å². The van der Waals surface area contributed by atoms with Crippen molar-refractivity contribution in [2.75, 3.05) is 12.3 Å². The normalized spacial score (nSPS) is 17.0. The van der Waals surface area contributed by atoms with E-state index in [1.807, 2.05) is 12.1 Å². The summed E-state index contributed by atoms with van der Waals surface area (Å²) in [7, 11) is 0. The molecular weight excluding hydrogens is 295 g/mol. The molecule has 0 amide bonds. The minimum absolute atomic E-state index is 0.0988. The zero-order valence-corrected chi connectivity index (χ0v) is 13.1. The number of alkyl halides is 3. The van der Waals surface area contributed by atoms with Gasteiger partial charge in [0.15, 0.2) is 0 Å². The van der Waals surface area contributed by atoms with Crippen LogP contribution in [0.4, 0.5) is 13.2 Å². The van der Waals surface area contributed by atoms with Crippen LogP contribution in [-0.4, -0.2) is 23.8 Å². The molecule has 1 unspecified atom stereocenters. The van der Waals surface area contributed by atoms with Crippen molar-refractivity contribution >= 4 is 11.8 Å². The number of aryl methyl sites for hydroxylation is 1. The zero-order chi connectivity index (χ0) is 15.3. The van der Waals surface area contributed by atoms with Crippen LogP contribution < -0.4 is 5.32 Å². The fraction of sp³-hybridized carbons (Fsp3) is 0.625. The van der Waals surface area contributed by atoms with E-state index in [1.54, 1.807) is 0 Å². The lowest BCUT2D eigenvalue weighted by Gasteiger charge is -2.19. The largest absolute Gasteiger partial charge is 0.441 e. The number of thioether (sulfide) groups is 1. The molecule has 0 radical (unpaired) electrons. The van der Waals surface area contributed by atoms with E-state index in [9.17, 15) is 13.2 Å². The standard InChI is InChI=1S/C16H22F3NS/c1-12-4-2-3-5-14(12)10-13(11-20-15-6-7-15)8-9-21-16(17,18)19/h2-5,13,15,20H,6-11H2,1H3. The maximum atomic E-state index is 12.3. The molecule has 118 valence electrons.